The number of hydrogen-bond donors (Lipinski definition) is 0. The molecule has 0 N–H and O–H groups in total. The molecule has 0 amide bonds. The molecular weight excluding hydrogens is 288 g/mol. The van der Waals surface area contributed by atoms with Crippen LogP contribution in [0.1, 0.15) is 113 Å². The van der Waals surface area contributed by atoms with Gasteiger partial charge in [0.05, 0.1) is 0 Å². The molecule has 0 aromatic rings. The van der Waals surface area contributed by atoms with Crippen LogP contribution in [0.5, 0.6) is 0 Å². The molecule has 1 aliphatic rings. The highest BCUT2D eigenvalue weighted by molar-refractivity contribution is 4.84. The second-order valence-corrected chi connectivity index (χ2v) is 10.2. The van der Waals surface area contributed by atoms with Gasteiger partial charge in [-0.1, -0.05) is 87.5 Å². The molecular formula is C24H48. The molecule has 0 heterocycles. The van der Waals surface area contributed by atoms with E-state index < -0.39 is 0 Å². The van der Waals surface area contributed by atoms with Gasteiger partial charge in [0.15, 0.2) is 0 Å². The predicted molar refractivity (Wildman–Crippen MR) is 110 cm³/mol. The van der Waals surface area contributed by atoms with Crippen molar-refractivity contribution in [1.29, 1.82) is 0 Å². The highest BCUT2D eigenvalue weighted by atomic mass is 14.4. The van der Waals surface area contributed by atoms with Crippen LogP contribution in [-0.4, -0.2) is 0 Å². The third-order valence-corrected chi connectivity index (χ3v) is 7.51. The van der Waals surface area contributed by atoms with E-state index in [1.807, 2.05) is 0 Å². The minimum Gasteiger partial charge on any atom is -0.0654 e. The van der Waals surface area contributed by atoms with Gasteiger partial charge in [0.1, 0.15) is 0 Å². The zero-order valence-corrected chi connectivity index (χ0v) is 18.3. The van der Waals surface area contributed by atoms with Crippen LogP contribution >= 0.6 is 0 Å². The molecule has 0 spiro atoms. The Labute approximate surface area is 154 Å². The molecule has 0 radical (unpaired) electrons. The Morgan fingerprint density at radius 1 is 1.04 bits per heavy atom. The third kappa shape index (κ3) is 6.72. The first-order valence-corrected chi connectivity index (χ1v) is 11.2. The molecule has 0 nitrogen and oxygen atoms in total. The van der Waals surface area contributed by atoms with Gasteiger partial charge in [-0.3, -0.25) is 0 Å². The maximum atomic E-state index is 2.55. The van der Waals surface area contributed by atoms with Crippen LogP contribution in [0.3, 0.4) is 0 Å². The summed E-state index contributed by atoms with van der Waals surface area (Å²) in [7, 11) is 0. The van der Waals surface area contributed by atoms with Gasteiger partial charge in [0.25, 0.3) is 0 Å². The molecule has 1 fully saturated rings. The van der Waals surface area contributed by atoms with Crippen LogP contribution in [0.15, 0.2) is 0 Å². The fourth-order valence-electron chi connectivity index (χ4n) is 5.29. The Balaban J connectivity index is 2.79. The Bertz CT molecular complexity index is 327. The van der Waals surface area contributed by atoms with Crippen molar-refractivity contribution in [3.63, 3.8) is 0 Å². The lowest BCUT2D eigenvalue weighted by atomic mass is 9.65. The maximum absolute atomic E-state index is 2.55. The average molecular weight is 337 g/mol. The molecule has 0 heteroatoms. The molecule has 0 saturated heterocycles. The molecule has 1 aliphatic carbocycles. The lowest BCUT2D eigenvalue weighted by molar-refractivity contribution is 0.0957. The fourth-order valence-corrected chi connectivity index (χ4v) is 5.29. The van der Waals surface area contributed by atoms with Crippen molar-refractivity contribution in [1.82, 2.24) is 0 Å². The van der Waals surface area contributed by atoms with Gasteiger partial charge in [-0.25, -0.2) is 0 Å². The highest BCUT2D eigenvalue weighted by Gasteiger charge is 2.34. The standard InChI is InChI=1S/C24H48/c1-9-12-22(23(18(4)5)17-24(7,8)11-3)16-21-14-13-20(10-2)15-19(21)6/h18-23H,9-17H2,1-8H3. The zero-order valence-electron chi connectivity index (χ0n) is 18.3. The third-order valence-electron chi connectivity index (χ3n) is 7.51. The molecule has 0 bridgehead atoms. The van der Waals surface area contributed by atoms with Gasteiger partial charge in [-0.05, 0) is 66.6 Å². The van der Waals surface area contributed by atoms with Crippen LogP contribution in [0.25, 0.3) is 0 Å². The maximum Gasteiger partial charge on any atom is -0.0354 e. The summed E-state index contributed by atoms with van der Waals surface area (Å²) in [4.78, 5) is 0. The lowest BCUT2D eigenvalue weighted by Gasteiger charge is -2.41. The van der Waals surface area contributed by atoms with Crippen LogP contribution in [0.2, 0.25) is 0 Å². The first-order valence-electron chi connectivity index (χ1n) is 11.2. The first-order chi connectivity index (χ1) is 11.2. The molecule has 0 aromatic heterocycles. The molecule has 5 unspecified atom stereocenters. The smallest absolute Gasteiger partial charge is 0.0354 e. The molecule has 0 aromatic carbocycles. The van der Waals surface area contributed by atoms with E-state index in [2.05, 4.69) is 55.4 Å². The topological polar surface area (TPSA) is 0 Å². The summed E-state index contributed by atoms with van der Waals surface area (Å²) in [6.07, 6.45) is 12.9. The average Bonchev–Trinajstić information content (AvgIpc) is 2.53. The lowest BCUT2D eigenvalue weighted by Crippen LogP contribution is -2.31. The second-order valence-electron chi connectivity index (χ2n) is 10.2. The predicted octanol–water partition coefficient (Wildman–Crippen LogP) is 8.35. The van der Waals surface area contributed by atoms with E-state index in [4.69, 9.17) is 0 Å². The van der Waals surface area contributed by atoms with E-state index in [1.165, 1.54) is 57.8 Å². The van der Waals surface area contributed by atoms with Crippen LogP contribution < -0.4 is 0 Å². The van der Waals surface area contributed by atoms with E-state index in [1.54, 1.807) is 0 Å². The quantitative estimate of drug-likeness (QED) is 0.376. The Hall–Kier alpha value is 0. The normalized spacial score (nSPS) is 28.1. The Morgan fingerprint density at radius 3 is 2.17 bits per heavy atom. The van der Waals surface area contributed by atoms with Crippen LogP contribution in [-0.2, 0) is 0 Å². The van der Waals surface area contributed by atoms with E-state index in [9.17, 15) is 0 Å². The van der Waals surface area contributed by atoms with E-state index in [0.717, 1.165) is 35.5 Å². The van der Waals surface area contributed by atoms with Gasteiger partial charge in [0, 0.05) is 0 Å². The SMILES string of the molecule is CCCC(CC1CCC(CC)CC1C)C(CC(C)(C)CC)C(C)C. The summed E-state index contributed by atoms with van der Waals surface area (Å²) in [6.45, 7) is 19.6. The summed E-state index contributed by atoms with van der Waals surface area (Å²) in [6, 6.07) is 0. The summed E-state index contributed by atoms with van der Waals surface area (Å²) < 4.78 is 0. The number of hydrogen-bond acceptors (Lipinski definition) is 0. The van der Waals surface area contributed by atoms with Gasteiger partial charge in [0.2, 0.25) is 0 Å². The minimum atomic E-state index is 0.506. The largest absolute Gasteiger partial charge is 0.0654 e. The Kier molecular flexibility index (Phi) is 9.39. The van der Waals surface area contributed by atoms with Crippen molar-refractivity contribution in [2.75, 3.05) is 0 Å². The van der Waals surface area contributed by atoms with Gasteiger partial charge in [-0.15, -0.1) is 0 Å². The van der Waals surface area contributed by atoms with Crippen molar-refractivity contribution in [2.24, 2.45) is 40.9 Å². The van der Waals surface area contributed by atoms with Crippen molar-refractivity contribution in [3.05, 3.63) is 0 Å². The fraction of sp³-hybridized carbons (Fsp3) is 1.00. The highest BCUT2D eigenvalue weighted by Crippen LogP contribution is 2.44. The first kappa shape index (κ1) is 22.0. The zero-order chi connectivity index (χ0) is 18.3. The molecule has 1 rings (SSSR count). The van der Waals surface area contributed by atoms with Gasteiger partial charge in [-0.2, -0.15) is 0 Å². The summed E-state index contributed by atoms with van der Waals surface area (Å²) in [5.74, 6) is 5.66. The molecule has 144 valence electrons. The minimum absolute atomic E-state index is 0.506. The summed E-state index contributed by atoms with van der Waals surface area (Å²) in [5.41, 5.74) is 0.506. The molecule has 24 heavy (non-hydrogen) atoms. The number of rotatable bonds is 10. The van der Waals surface area contributed by atoms with Crippen molar-refractivity contribution in [2.45, 2.75) is 113 Å². The van der Waals surface area contributed by atoms with Crippen LogP contribution in [0, 0.1) is 40.9 Å². The summed E-state index contributed by atoms with van der Waals surface area (Å²) >= 11 is 0. The van der Waals surface area contributed by atoms with Crippen molar-refractivity contribution < 1.29 is 0 Å². The molecule has 5 atom stereocenters. The molecule has 1 saturated carbocycles. The van der Waals surface area contributed by atoms with E-state index in [0.29, 0.717) is 5.41 Å². The second kappa shape index (κ2) is 10.2. The molecule has 0 aliphatic heterocycles. The van der Waals surface area contributed by atoms with Crippen molar-refractivity contribution in [3.8, 4) is 0 Å². The van der Waals surface area contributed by atoms with Gasteiger partial charge < -0.3 is 0 Å². The van der Waals surface area contributed by atoms with Crippen molar-refractivity contribution >= 4 is 0 Å². The van der Waals surface area contributed by atoms with E-state index >= 15 is 0 Å². The Morgan fingerprint density at radius 2 is 1.71 bits per heavy atom. The van der Waals surface area contributed by atoms with Crippen LogP contribution in [0.4, 0.5) is 0 Å². The summed E-state index contributed by atoms with van der Waals surface area (Å²) in [5, 5.41) is 0. The monoisotopic (exact) mass is 336 g/mol. The van der Waals surface area contributed by atoms with E-state index in [-0.39, 0.29) is 0 Å². The van der Waals surface area contributed by atoms with Gasteiger partial charge >= 0.3 is 0 Å².